The highest BCUT2D eigenvalue weighted by molar-refractivity contribution is 5.80. The van der Waals surface area contributed by atoms with Crippen molar-refractivity contribution in [2.45, 2.75) is 25.1 Å². The molecule has 0 unspecified atom stereocenters. The lowest BCUT2D eigenvalue weighted by atomic mass is 10.1. The zero-order valence-electron chi connectivity index (χ0n) is 14.2. The van der Waals surface area contributed by atoms with Crippen LogP contribution in [0.15, 0.2) is 55.0 Å². The number of carbonyl (C=O) groups is 1. The second kappa shape index (κ2) is 7.53. The van der Waals surface area contributed by atoms with Crippen LogP contribution in [0.4, 0.5) is 0 Å². The number of amides is 1. The van der Waals surface area contributed by atoms with E-state index in [0.29, 0.717) is 25.5 Å². The topological polar surface area (TPSA) is 78.3 Å². The van der Waals surface area contributed by atoms with E-state index < -0.39 is 0 Å². The van der Waals surface area contributed by atoms with Gasteiger partial charge in [0.25, 0.3) is 0 Å². The van der Waals surface area contributed by atoms with Crippen molar-refractivity contribution in [3.63, 3.8) is 0 Å². The van der Waals surface area contributed by atoms with E-state index in [4.69, 9.17) is 9.47 Å². The van der Waals surface area contributed by atoms with Crippen LogP contribution in [0.3, 0.4) is 0 Å². The summed E-state index contributed by atoms with van der Waals surface area (Å²) >= 11 is 0. The zero-order valence-corrected chi connectivity index (χ0v) is 14.2. The molecule has 134 valence electrons. The summed E-state index contributed by atoms with van der Waals surface area (Å²) in [7, 11) is 0. The van der Waals surface area contributed by atoms with Crippen molar-refractivity contribution in [1.29, 1.82) is 0 Å². The molecule has 1 saturated heterocycles. The molecule has 26 heavy (non-hydrogen) atoms. The molecule has 7 heteroatoms. The van der Waals surface area contributed by atoms with Crippen molar-refractivity contribution in [3.8, 4) is 5.88 Å². The van der Waals surface area contributed by atoms with Crippen molar-refractivity contribution in [2.75, 3.05) is 13.2 Å². The van der Waals surface area contributed by atoms with E-state index in [1.54, 1.807) is 12.5 Å². The second-order valence-corrected chi connectivity index (χ2v) is 6.22. The zero-order chi connectivity index (χ0) is 17.8. The van der Waals surface area contributed by atoms with Gasteiger partial charge in [-0.15, -0.1) is 0 Å². The molecule has 1 N–H and O–H groups in total. The average molecular weight is 352 g/mol. The lowest BCUT2D eigenvalue weighted by molar-refractivity contribution is -0.124. The number of nitrogens with zero attached hydrogens (tertiary/aromatic N) is 3. The van der Waals surface area contributed by atoms with Crippen molar-refractivity contribution in [2.24, 2.45) is 0 Å². The first-order valence-corrected chi connectivity index (χ1v) is 8.64. The molecule has 3 heterocycles. The van der Waals surface area contributed by atoms with Gasteiger partial charge in [0.2, 0.25) is 11.8 Å². The molecule has 7 nitrogen and oxygen atoms in total. The van der Waals surface area contributed by atoms with Gasteiger partial charge in [-0.25, -0.2) is 9.97 Å². The minimum absolute atomic E-state index is 0.0988. The van der Waals surface area contributed by atoms with Crippen LogP contribution < -0.4 is 10.1 Å². The molecule has 0 bridgehead atoms. The Labute approximate surface area is 151 Å². The Morgan fingerprint density at radius 2 is 2.12 bits per heavy atom. The quantitative estimate of drug-likeness (QED) is 0.757. The molecule has 1 aliphatic heterocycles. The Morgan fingerprint density at radius 3 is 3.00 bits per heavy atom. The van der Waals surface area contributed by atoms with Gasteiger partial charge in [0.15, 0.2) is 0 Å². The highest BCUT2D eigenvalue weighted by atomic mass is 16.5. The molecule has 0 saturated carbocycles. The minimum atomic E-state index is -0.215. The fourth-order valence-electron chi connectivity index (χ4n) is 3.11. The summed E-state index contributed by atoms with van der Waals surface area (Å²) in [5, 5.41) is 3.03. The monoisotopic (exact) mass is 352 g/mol. The van der Waals surface area contributed by atoms with Gasteiger partial charge in [-0.05, 0) is 18.2 Å². The molecule has 0 spiro atoms. The van der Waals surface area contributed by atoms with Gasteiger partial charge in [0.1, 0.15) is 12.6 Å². The molecule has 4 rings (SSSR count). The highest BCUT2D eigenvalue weighted by Crippen LogP contribution is 2.16. The molecular formula is C19H20N4O3. The number of hydrogen-bond acceptors (Lipinski definition) is 5. The van der Waals surface area contributed by atoms with Gasteiger partial charge < -0.3 is 19.4 Å². The van der Waals surface area contributed by atoms with Crippen LogP contribution in [0.25, 0.3) is 11.0 Å². The van der Waals surface area contributed by atoms with E-state index in [-0.39, 0.29) is 24.6 Å². The summed E-state index contributed by atoms with van der Waals surface area (Å²) < 4.78 is 13.3. The van der Waals surface area contributed by atoms with Crippen molar-refractivity contribution in [1.82, 2.24) is 19.9 Å². The van der Waals surface area contributed by atoms with Gasteiger partial charge in [0, 0.05) is 18.7 Å². The SMILES string of the molecule is O=C(Cn1cnc2ccccc21)N[C@@H]1COCC[C@H]1Oc1ccccn1. The molecular weight excluding hydrogens is 332 g/mol. The predicted molar refractivity (Wildman–Crippen MR) is 95.8 cm³/mol. The van der Waals surface area contributed by atoms with Crippen molar-refractivity contribution in [3.05, 3.63) is 55.0 Å². The standard InChI is InChI=1S/C19H20N4O3/c24-18(11-23-13-21-14-5-1-2-6-16(14)23)22-15-12-25-10-8-17(15)26-19-7-3-4-9-20-19/h1-7,9,13,15,17H,8,10-12H2,(H,22,24)/t15-,17-/m1/s1. The number of carbonyl (C=O) groups excluding carboxylic acids is 1. The molecule has 0 radical (unpaired) electrons. The minimum Gasteiger partial charge on any atom is -0.472 e. The van der Waals surface area contributed by atoms with Gasteiger partial charge in [-0.2, -0.15) is 0 Å². The Hall–Kier alpha value is -2.93. The van der Waals surface area contributed by atoms with Crippen molar-refractivity contribution >= 4 is 16.9 Å². The number of imidazole rings is 1. The smallest absolute Gasteiger partial charge is 0.240 e. The maximum absolute atomic E-state index is 12.5. The molecule has 1 amide bonds. The Bertz CT molecular complexity index is 881. The molecule has 2 aromatic heterocycles. The molecule has 0 aliphatic carbocycles. The van der Waals surface area contributed by atoms with Gasteiger partial charge in [-0.1, -0.05) is 18.2 Å². The molecule has 1 fully saturated rings. The summed E-state index contributed by atoms with van der Waals surface area (Å²) in [6, 6.07) is 13.1. The van der Waals surface area contributed by atoms with Crippen molar-refractivity contribution < 1.29 is 14.3 Å². The number of aromatic nitrogens is 3. The average Bonchev–Trinajstić information content (AvgIpc) is 3.07. The lowest BCUT2D eigenvalue weighted by Gasteiger charge is -2.32. The summed E-state index contributed by atoms with van der Waals surface area (Å²) in [6.07, 6.45) is 3.91. The summed E-state index contributed by atoms with van der Waals surface area (Å²) in [5.74, 6) is 0.456. The van der Waals surface area contributed by atoms with E-state index in [0.717, 1.165) is 11.0 Å². The van der Waals surface area contributed by atoms with Crippen LogP contribution in [-0.2, 0) is 16.1 Å². The van der Waals surface area contributed by atoms with E-state index in [2.05, 4.69) is 15.3 Å². The Balaban J connectivity index is 1.41. The van der Waals surface area contributed by atoms with Crippen LogP contribution in [0, 0.1) is 0 Å². The third-order valence-corrected chi connectivity index (χ3v) is 4.39. The third-order valence-electron chi connectivity index (χ3n) is 4.39. The van der Waals surface area contributed by atoms with Crippen LogP contribution >= 0.6 is 0 Å². The number of fused-ring (bicyclic) bond motifs is 1. The number of nitrogens with one attached hydrogen (secondary N) is 1. The van der Waals surface area contributed by atoms with Gasteiger partial charge in [-0.3, -0.25) is 4.79 Å². The summed E-state index contributed by atoms with van der Waals surface area (Å²) in [4.78, 5) is 21.0. The Morgan fingerprint density at radius 1 is 1.23 bits per heavy atom. The normalized spacial score (nSPS) is 20.0. The predicted octanol–water partition coefficient (Wildman–Crippen LogP) is 1.78. The molecule has 1 aromatic carbocycles. The maximum Gasteiger partial charge on any atom is 0.240 e. The Kier molecular flexibility index (Phi) is 4.79. The van der Waals surface area contributed by atoms with E-state index in [9.17, 15) is 4.79 Å². The van der Waals surface area contributed by atoms with Crippen LogP contribution in [0.1, 0.15) is 6.42 Å². The van der Waals surface area contributed by atoms with Crippen LogP contribution in [-0.4, -0.2) is 45.8 Å². The summed E-state index contributed by atoms with van der Waals surface area (Å²) in [6.45, 7) is 1.23. The fraction of sp³-hybridized carbons (Fsp3) is 0.316. The number of pyridine rings is 1. The number of benzene rings is 1. The molecule has 1 aliphatic rings. The molecule has 2 atom stereocenters. The number of rotatable bonds is 5. The fourth-order valence-corrected chi connectivity index (χ4v) is 3.11. The second-order valence-electron chi connectivity index (χ2n) is 6.22. The first kappa shape index (κ1) is 16.5. The maximum atomic E-state index is 12.5. The van der Waals surface area contributed by atoms with Crippen LogP contribution in [0.2, 0.25) is 0 Å². The third kappa shape index (κ3) is 3.67. The molecule has 3 aromatic rings. The van der Waals surface area contributed by atoms with Gasteiger partial charge in [0.05, 0.1) is 36.6 Å². The first-order valence-electron chi connectivity index (χ1n) is 8.64. The number of ether oxygens (including phenoxy) is 2. The largest absolute Gasteiger partial charge is 0.472 e. The van der Waals surface area contributed by atoms with Gasteiger partial charge >= 0.3 is 0 Å². The lowest BCUT2D eigenvalue weighted by Crippen LogP contribution is -2.52. The van der Waals surface area contributed by atoms with E-state index >= 15 is 0 Å². The highest BCUT2D eigenvalue weighted by Gasteiger charge is 2.29. The number of para-hydroxylation sites is 2. The van der Waals surface area contributed by atoms with E-state index in [1.165, 1.54) is 0 Å². The summed E-state index contributed by atoms with van der Waals surface area (Å²) in [5.41, 5.74) is 1.81. The first-order chi connectivity index (χ1) is 12.8. The number of hydrogen-bond donors (Lipinski definition) is 1. The van der Waals surface area contributed by atoms with Crippen LogP contribution in [0.5, 0.6) is 5.88 Å². The van der Waals surface area contributed by atoms with E-state index in [1.807, 2.05) is 47.0 Å².